The molecule has 2 aromatic carbocycles. The predicted octanol–water partition coefficient (Wildman–Crippen LogP) is 4.10. The number of carbonyl (C=O) groups is 2. The van der Waals surface area contributed by atoms with E-state index in [4.69, 9.17) is 9.47 Å². The van der Waals surface area contributed by atoms with Crippen LogP contribution < -0.4 is 14.8 Å². The van der Waals surface area contributed by atoms with Gasteiger partial charge >= 0.3 is 0 Å². The summed E-state index contributed by atoms with van der Waals surface area (Å²) in [5, 5.41) is 2.90. The van der Waals surface area contributed by atoms with Crippen molar-refractivity contribution in [3.05, 3.63) is 59.7 Å². The first-order valence-corrected chi connectivity index (χ1v) is 10.7. The number of hydrogen-bond acceptors (Lipinski definition) is 4. The third kappa shape index (κ3) is 7.96. The molecule has 2 aromatic rings. The van der Waals surface area contributed by atoms with Crippen LogP contribution in [0.1, 0.15) is 44.7 Å². The Morgan fingerprint density at radius 3 is 2.16 bits per heavy atom. The number of amides is 2. The van der Waals surface area contributed by atoms with E-state index in [9.17, 15) is 9.59 Å². The number of nitrogens with one attached hydrogen (secondary N) is 1. The molecule has 6 heteroatoms. The zero-order valence-corrected chi connectivity index (χ0v) is 19.2. The predicted molar refractivity (Wildman–Crippen MR) is 122 cm³/mol. The normalized spacial score (nSPS) is 11.7. The Kier molecular flexibility index (Phi) is 9.38. The third-order valence-corrected chi connectivity index (χ3v) is 4.93. The van der Waals surface area contributed by atoms with E-state index < -0.39 is 6.04 Å². The van der Waals surface area contributed by atoms with Gasteiger partial charge in [0.05, 0.1) is 13.7 Å². The van der Waals surface area contributed by atoms with Crippen molar-refractivity contribution >= 4 is 11.8 Å². The maximum absolute atomic E-state index is 13.0. The quantitative estimate of drug-likeness (QED) is 0.549. The summed E-state index contributed by atoms with van der Waals surface area (Å²) in [5.74, 6) is 1.31. The molecule has 2 rings (SSSR count). The first kappa shape index (κ1) is 24.3. The molecule has 6 nitrogen and oxygen atoms in total. The summed E-state index contributed by atoms with van der Waals surface area (Å²) in [4.78, 5) is 27.2. The standard InChI is InChI=1S/C25H34N2O4/c1-18(2)26-25(29)20(4)27(17-21-10-14-22(30-5)15-11-21)24(28)7-6-16-31-23-12-8-19(3)9-13-23/h8-15,18,20H,6-7,16-17H2,1-5H3,(H,26,29)/t20-/m1/s1. The van der Waals surface area contributed by atoms with Crippen molar-refractivity contribution < 1.29 is 19.1 Å². The fraction of sp³-hybridized carbons (Fsp3) is 0.440. The number of carbonyl (C=O) groups excluding carboxylic acids is 2. The second-order valence-corrected chi connectivity index (χ2v) is 7.97. The first-order chi connectivity index (χ1) is 14.8. The lowest BCUT2D eigenvalue weighted by Gasteiger charge is -2.29. The van der Waals surface area contributed by atoms with Crippen LogP contribution in [0, 0.1) is 6.92 Å². The minimum Gasteiger partial charge on any atom is -0.497 e. The second kappa shape index (κ2) is 12.0. The molecule has 0 unspecified atom stereocenters. The minimum absolute atomic E-state index is 0.01000. The number of hydrogen-bond donors (Lipinski definition) is 1. The first-order valence-electron chi connectivity index (χ1n) is 10.7. The fourth-order valence-electron chi connectivity index (χ4n) is 3.11. The van der Waals surface area contributed by atoms with E-state index in [-0.39, 0.29) is 17.9 Å². The van der Waals surface area contributed by atoms with Gasteiger partial charge in [-0.15, -0.1) is 0 Å². The molecule has 0 saturated carbocycles. The van der Waals surface area contributed by atoms with Gasteiger partial charge in [0.1, 0.15) is 17.5 Å². The number of methoxy groups -OCH3 is 1. The third-order valence-electron chi connectivity index (χ3n) is 4.93. The molecule has 0 aliphatic heterocycles. The van der Waals surface area contributed by atoms with Crippen LogP contribution in [0.4, 0.5) is 0 Å². The van der Waals surface area contributed by atoms with Crippen molar-refractivity contribution in [3.63, 3.8) is 0 Å². The van der Waals surface area contributed by atoms with Gasteiger partial charge in [-0.25, -0.2) is 0 Å². The van der Waals surface area contributed by atoms with Gasteiger partial charge in [0, 0.05) is 19.0 Å². The van der Waals surface area contributed by atoms with Gasteiger partial charge in [-0.05, 0) is 63.9 Å². The molecule has 1 N–H and O–H groups in total. The molecule has 168 valence electrons. The smallest absolute Gasteiger partial charge is 0.242 e. The van der Waals surface area contributed by atoms with Gasteiger partial charge in [0.2, 0.25) is 11.8 Å². The van der Waals surface area contributed by atoms with E-state index in [2.05, 4.69) is 5.32 Å². The lowest BCUT2D eigenvalue weighted by molar-refractivity contribution is -0.141. The highest BCUT2D eigenvalue weighted by Gasteiger charge is 2.26. The average molecular weight is 427 g/mol. The summed E-state index contributed by atoms with van der Waals surface area (Å²) in [5.41, 5.74) is 2.11. The summed E-state index contributed by atoms with van der Waals surface area (Å²) >= 11 is 0. The minimum atomic E-state index is -0.574. The summed E-state index contributed by atoms with van der Waals surface area (Å²) in [6, 6.07) is 14.8. The Bertz CT molecular complexity index is 832. The van der Waals surface area contributed by atoms with Crippen molar-refractivity contribution in [2.45, 2.75) is 59.2 Å². The average Bonchev–Trinajstić information content (AvgIpc) is 2.75. The fourth-order valence-corrected chi connectivity index (χ4v) is 3.11. The van der Waals surface area contributed by atoms with Crippen molar-refractivity contribution in [2.24, 2.45) is 0 Å². The SMILES string of the molecule is COc1ccc(CN(C(=O)CCCOc2ccc(C)cc2)[C@H](C)C(=O)NC(C)C)cc1. The van der Waals surface area contributed by atoms with Crippen LogP contribution >= 0.6 is 0 Å². The van der Waals surface area contributed by atoms with E-state index in [1.54, 1.807) is 18.9 Å². The molecule has 0 radical (unpaired) electrons. The Morgan fingerprint density at radius 1 is 0.968 bits per heavy atom. The van der Waals surface area contributed by atoms with E-state index >= 15 is 0 Å². The van der Waals surface area contributed by atoms with E-state index in [1.807, 2.05) is 69.3 Å². The molecular formula is C25H34N2O4. The number of nitrogens with zero attached hydrogens (tertiary/aromatic N) is 1. The zero-order valence-electron chi connectivity index (χ0n) is 19.2. The highest BCUT2D eigenvalue weighted by atomic mass is 16.5. The number of aryl methyl sites for hydroxylation is 1. The number of ether oxygens (including phenoxy) is 2. The largest absolute Gasteiger partial charge is 0.497 e. The van der Waals surface area contributed by atoms with E-state index in [0.29, 0.717) is 26.0 Å². The summed E-state index contributed by atoms with van der Waals surface area (Å²) in [6.07, 6.45) is 0.881. The van der Waals surface area contributed by atoms with E-state index in [0.717, 1.165) is 17.1 Å². The van der Waals surface area contributed by atoms with E-state index in [1.165, 1.54) is 5.56 Å². The molecule has 31 heavy (non-hydrogen) atoms. The molecule has 0 saturated heterocycles. The van der Waals surface area contributed by atoms with Crippen molar-refractivity contribution in [1.82, 2.24) is 10.2 Å². The molecule has 1 atom stereocenters. The maximum Gasteiger partial charge on any atom is 0.242 e. The molecule has 0 aliphatic carbocycles. The zero-order chi connectivity index (χ0) is 22.8. The molecule has 2 amide bonds. The van der Waals surface area contributed by atoms with Crippen LogP contribution in [0.25, 0.3) is 0 Å². The summed E-state index contributed by atoms with van der Waals surface area (Å²) in [7, 11) is 1.61. The second-order valence-electron chi connectivity index (χ2n) is 7.97. The molecule has 0 aliphatic rings. The Labute approximate surface area is 185 Å². The molecule has 0 spiro atoms. The van der Waals surface area contributed by atoms with Crippen LogP contribution in [-0.2, 0) is 16.1 Å². The lowest BCUT2D eigenvalue weighted by atomic mass is 10.1. The van der Waals surface area contributed by atoms with Crippen molar-refractivity contribution in [2.75, 3.05) is 13.7 Å². The van der Waals surface area contributed by atoms with Crippen LogP contribution in [0.5, 0.6) is 11.5 Å². The van der Waals surface area contributed by atoms with Crippen LogP contribution in [0.15, 0.2) is 48.5 Å². The van der Waals surface area contributed by atoms with Crippen molar-refractivity contribution in [3.8, 4) is 11.5 Å². The molecule has 0 aromatic heterocycles. The van der Waals surface area contributed by atoms with Crippen LogP contribution in [0.3, 0.4) is 0 Å². The van der Waals surface area contributed by atoms with Crippen LogP contribution in [0.2, 0.25) is 0 Å². The molecular weight excluding hydrogens is 392 g/mol. The molecule has 0 bridgehead atoms. The van der Waals surface area contributed by atoms with Crippen LogP contribution in [-0.4, -0.2) is 42.5 Å². The monoisotopic (exact) mass is 426 g/mol. The highest BCUT2D eigenvalue weighted by Crippen LogP contribution is 2.17. The summed E-state index contributed by atoms with van der Waals surface area (Å²) < 4.78 is 10.9. The van der Waals surface area contributed by atoms with Gasteiger partial charge in [-0.2, -0.15) is 0 Å². The number of rotatable bonds is 11. The molecule has 0 fully saturated rings. The van der Waals surface area contributed by atoms with Gasteiger partial charge in [-0.1, -0.05) is 29.8 Å². The Hall–Kier alpha value is -3.02. The molecule has 0 heterocycles. The summed E-state index contributed by atoms with van der Waals surface area (Å²) in [6.45, 7) is 8.40. The van der Waals surface area contributed by atoms with Gasteiger partial charge < -0.3 is 19.7 Å². The van der Waals surface area contributed by atoms with Gasteiger partial charge in [0.15, 0.2) is 0 Å². The van der Waals surface area contributed by atoms with Gasteiger partial charge in [-0.3, -0.25) is 9.59 Å². The Balaban J connectivity index is 2.00. The van der Waals surface area contributed by atoms with Gasteiger partial charge in [0.25, 0.3) is 0 Å². The lowest BCUT2D eigenvalue weighted by Crippen LogP contribution is -2.49. The van der Waals surface area contributed by atoms with Crippen molar-refractivity contribution in [1.29, 1.82) is 0 Å². The highest BCUT2D eigenvalue weighted by molar-refractivity contribution is 5.87. The maximum atomic E-state index is 13.0. The topological polar surface area (TPSA) is 67.9 Å². The number of benzene rings is 2. The Morgan fingerprint density at radius 2 is 1.58 bits per heavy atom.